The van der Waals surface area contributed by atoms with Gasteiger partial charge in [0, 0.05) is 18.7 Å². The molecule has 1 N–H and O–H groups in total. The van der Waals surface area contributed by atoms with Gasteiger partial charge in [-0.1, -0.05) is 32.4 Å². The molecular formula is C15H21BrN2O2. The molecule has 1 saturated carbocycles. The zero-order valence-corrected chi connectivity index (χ0v) is 13.5. The Morgan fingerprint density at radius 1 is 1.45 bits per heavy atom. The van der Waals surface area contributed by atoms with Crippen molar-refractivity contribution < 1.29 is 4.92 Å². The van der Waals surface area contributed by atoms with Gasteiger partial charge in [-0.15, -0.1) is 0 Å². The average molecular weight is 341 g/mol. The van der Waals surface area contributed by atoms with E-state index in [2.05, 4.69) is 35.1 Å². The molecule has 3 unspecified atom stereocenters. The van der Waals surface area contributed by atoms with Crippen molar-refractivity contribution >= 4 is 21.6 Å². The van der Waals surface area contributed by atoms with Crippen LogP contribution in [0.25, 0.3) is 0 Å². The molecule has 5 heteroatoms. The van der Waals surface area contributed by atoms with Gasteiger partial charge in [-0.25, -0.2) is 0 Å². The molecule has 0 aromatic heterocycles. The molecule has 0 bridgehead atoms. The number of rotatable bonds is 5. The second kappa shape index (κ2) is 6.68. The van der Waals surface area contributed by atoms with Gasteiger partial charge in [0.2, 0.25) is 0 Å². The molecule has 1 aromatic rings. The first-order valence-electron chi connectivity index (χ1n) is 7.19. The van der Waals surface area contributed by atoms with Crippen molar-refractivity contribution in [3.05, 3.63) is 38.3 Å². The van der Waals surface area contributed by atoms with E-state index in [9.17, 15) is 10.1 Å². The summed E-state index contributed by atoms with van der Waals surface area (Å²) in [7, 11) is 0. The van der Waals surface area contributed by atoms with Gasteiger partial charge in [-0.3, -0.25) is 10.1 Å². The lowest BCUT2D eigenvalue weighted by molar-refractivity contribution is -0.385. The molecule has 0 amide bonds. The fourth-order valence-corrected chi connectivity index (χ4v) is 3.75. The fraction of sp³-hybridized carbons (Fsp3) is 0.600. The lowest BCUT2D eigenvalue weighted by Crippen LogP contribution is -2.32. The van der Waals surface area contributed by atoms with Crippen molar-refractivity contribution in [2.45, 2.75) is 45.7 Å². The number of halogens is 1. The molecule has 2 rings (SSSR count). The summed E-state index contributed by atoms with van der Waals surface area (Å²) in [6.07, 6.45) is 3.72. The van der Waals surface area contributed by atoms with E-state index in [1.54, 1.807) is 6.07 Å². The zero-order chi connectivity index (χ0) is 14.7. The second-order valence-corrected chi connectivity index (χ2v) is 6.39. The smallest absolute Gasteiger partial charge is 0.283 e. The quantitative estimate of drug-likeness (QED) is 0.643. The summed E-state index contributed by atoms with van der Waals surface area (Å²) in [4.78, 5) is 10.6. The molecule has 0 aliphatic heterocycles. The summed E-state index contributed by atoms with van der Waals surface area (Å²) >= 11 is 3.35. The number of nitrogens with one attached hydrogen (secondary N) is 1. The van der Waals surface area contributed by atoms with E-state index in [4.69, 9.17) is 0 Å². The van der Waals surface area contributed by atoms with E-state index in [-0.39, 0.29) is 10.6 Å². The summed E-state index contributed by atoms with van der Waals surface area (Å²) < 4.78 is 0.593. The zero-order valence-electron chi connectivity index (χ0n) is 11.9. The lowest BCUT2D eigenvalue weighted by Gasteiger charge is -2.21. The Bertz CT molecular complexity index is 493. The van der Waals surface area contributed by atoms with Crippen molar-refractivity contribution in [2.24, 2.45) is 11.8 Å². The van der Waals surface area contributed by atoms with Gasteiger partial charge in [0.1, 0.15) is 0 Å². The van der Waals surface area contributed by atoms with Crippen molar-refractivity contribution in [3.63, 3.8) is 0 Å². The molecular weight excluding hydrogens is 320 g/mol. The Morgan fingerprint density at radius 2 is 2.20 bits per heavy atom. The highest BCUT2D eigenvalue weighted by molar-refractivity contribution is 9.10. The summed E-state index contributed by atoms with van der Waals surface area (Å²) in [6.45, 7) is 5.23. The maximum absolute atomic E-state index is 10.9. The summed E-state index contributed by atoms with van der Waals surface area (Å²) in [5, 5.41) is 14.5. The van der Waals surface area contributed by atoms with Gasteiger partial charge in [0.25, 0.3) is 5.69 Å². The SMILES string of the molecule is CCC1CCC(NCc2cccc([N+](=O)[O-])c2Br)C1C. The average Bonchev–Trinajstić information content (AvgIpc) is 2.78. The van der Waals surface area contributed by atoms with Crippen LogP contribution in [0.15, 0.2) is 22.7 Å². The Kier molecular flexibility index (Phi) is 5.16. The Labute approximate surface area is 128 Å². The lowest BCUT2D eigenvalue weighted by atomic mass is 9.93. The third kappa shape index (κ3) is 3.20. The van der Waals surface area contributed by atoms with Crippen LogP contribution in [0.1, 0.15) is 38.7 Å². The van der Waals surface area contributed by atoms with E-state index in [0.717, 1.165) is 11.5 Å². The summed E-state index contributed by atoms with van der Waals surface area (Å²) in [5.41, 5.74) is 1.08. The van der Waals surface area contributed by atoms with Crippen molar-refractivity contribution in [2.75, 3.05) is 0 Å². The van der Waals surface area contributed by atoms with Crippen LogP contribution in [-0.2, 0) is 6.54 Å². The molecule has 0 heterocycles. The van der Waals surface area contributed by atoms with Gasteiger partial charge in [0.15, 0.2) is 0 Å². The minimum absolute atomic E-state index is 0.134. The maximum atomic E-state index is 10.9. The van der Waals surface area contributed by atoms with Crippen LogP contribution < -0.4 is 5.32 Å². The van der Waals surface area contributed by atoms with Crippen LogP contribution in [0.3, 0.4) is 0 Å². The first-order valence-corrected chi connectivity index (χ1v) is 7.99. The van der Waals surface area contributed by atoms with Crippen molar-refractivity contribution in [1.82, 2.24) is 5.32 Å². The minimum atomic E-state index is -0.348. The molecule has 1 aromatic carbocycles. The van der Waals surface area contributed by atoms with Crippen LogP contribution >= 0.6 is 15.9 Å². The van der Waals surface area contributed by atoms with Gasteiger partial charge in [-0.2, -0.15) is 0 Å². The van der Waals surface area contributed by atoms with Crippen LogP contribution in [0.4, 0.5) is 5.69 Å². The summed E-state index contributed by atoms with van der Waals surface area (Å²) in [5.74, 6) is 1.48. The van der Waals surface area contributed by atoms with E-state index in [0.29, 0.717) is 23.0 Å². The third-order valence-electron chi connectivity index (χ3n) is 4.56. The van der Waals surface area contributed by atoms with E-state index >= 15 is 0 Å². The van der Waals surface area contributed by atoms with Crippen LogP contribution in [-0.4, -0.2) is 11.0 Å². The number of hydrogen-bond donors (Lipinski definition) is 1. The number of hydrogen-bond acceptors (Lipinski definition) is 3. The minimum Gasteiger partial charge on any atom is -0.310 e. The predicted molar refractivity (Wildman–Crippen MR) is 83.6 cm³/mol. The highest BCUT2D eigenvalue weighted by Gasteiger charge is 2.31. The molecule has 0 saturated heterocycles. The highest BCUT2D eigenvalue weighted by atomic mass is 79.9. The molecule has 0 radical (unpaired) electrons. The third-order valence-corrected chi connectivity index (χ3v) is 5.48. The molecule has 1 aliphatic rings. The molecule has 0 spiro atoms. The van der Waals surface area contributed by atoms with Crippen LogP contribution in [0.2, 0.25) is 0 Å². The van der Waals surface area contributed by atoms with Gasteiger partial charge in [-0.05, 0) is 46.2 Å². The van der Waals surface area contributed by atoms with Crippen molar-refractivity contribution in [3.8, 4) is 0 Å². The largest absolute Gasteiger partial charge is 0.310 e. The van der Waals surface area contributed by atoms with Gasteiger partial charge in [0.05, 0.1) is 9.40 Å². The molecule has 1 aliphatic carbocycles. The maximum Gasteiger partial charge on any atom is 0.283 e. The second-order valence-electron chi connectivity index (χ2n) is 5.60. The van der Waals surface area contributed by atoms with E-state index in [1.807, 2.05) is 6.07 Å². The monoisotopic (exact) mass is 340 g/mol. The normalized spacial score (nSPS) is 25.9. The fourth-order valence-electron chi connectivity index (χ4n) is 3.20. The molecule has 1 fully saturated rings. The predicted octanol–water partition coefficient (Wildman–Crippen LogP) is 4.27. The molecule has 110 valence electrons. The van der Waals surface area contributed by atoms with E-state index < -0.39 is 0 Å². The first kappa shape index (κ1) is 15.4. The summed E-state index contributed by atoms with van der Waals surface area (Å²) in [6, 6.07) is 5.72. The molecule has 3 atom stereocenters. The van der Waals surface area contributed by atoms with Gasteiger partial charge < -0.3 is 5.32 Å². The van der Waals surface area contributed by atoms with Crippen molar-refractivity contribution in [1.29, 1.82) is 0 Å². The number of nitrogens with zero attached hydrogens (tertiary/aromatic N) is 1. The molecule has 20 heavy (non-hydrogen) atoms. The Hall–Kier alpha value is -0.940. The Morgan fingerprint density at radius 3 is 2.80 bits per heavy atom. The van der Waals surface area contributed by atoms with E-state index in [1.165, 1.54) is 25.3 Å². The number of benzene rings is 1. The first-order chi connectivity index (χ1) is 9.54. The topological polar surface area (TPSA) is 55.2 Å². The van der Waals surface area contributed by atoms with Crippen LogP contribution in [0, 0.1) is 22.0 Å². The highest BCUT2D eigenvalue weighted by Crippen LogP contribution is 2.34. The number of nitro benzene ring substituents is 1. The van der Waals surface area contributed by atoms with Gasteiger partial charge >= 0.3 is 0 Å². The standard InChI is InChI=1S/C15H21BrN2O2/c1-3-11-7-8-13(10(11)2)17-9-12-5-4-6-14(15(12)16)18(19)20/h4-6,10-11,13,17H,3,7-9H2,1-2H3. The number of nitro groups is 1. The molecule has 4 nitrogen and oxygen atoms in total. The Balaban J connectivity index is 2.02. The van der Waals surface area contributed by atoms with Crippen LogP contribution in [0.5, 0.6) is 0 Å².